The maximum absolute atomic E-state index is 12.5. The number of likely N-dealkylation sites (tertiary alicyclic amines) is 1. The lowest BCUT2D eigenvalue weighted by Crippen LogP contribution is -2.39. The average Bonchev–Trinajstić information content (AvgIpc) is 3.03. The van der Waals surface area contributed by atoms with Crippen LogP contribution in [0.4, 0.5) is 0 Å². The maximum Gasteiger partial charge on any atom is 0.293 e. The van der Waals surface area contributed by atoms with E-state index in [4.69, 9.17) is 0 Å². The minimum absolute atomic E-state index is 0.0389. The summed E-state index contributed by atoms with van der Waals surface area (Å²) in [5.74, 6) is 1.63. The van der Waals surface area contributed by atoms with Gasteiger partial charge in [0.05, 0.1) is 0 Å². The highest BCUT2D eigenvalue weighted by molar-refractivity contribution is 5.91. The van der Waals surface area contributed by atoms with E-state index in [2.05, 4.69) is 41.3 Å². The highest BCUT2D eigenvalue weighted by Gasteiger charge is 2.41. The highest BCUT2D eigenvalue weighted by Crippen LogP contribution is 2.28. The van der Waals surface area contributed by atoms with E-state index in [0.717, 1.165) is 31.9 Å². The first kappa shape index (κ1) is 12.6. The molecule has 2 saturated heterocycles. The topological polar surface area (TPSA) is 73.9 Å². The average molecular weight is 263 g/mol. The molecule has 19 heavy (non-hydrogen) atoms. The predicted molar refractivity (Wildman–Crippen MR) is 70.9 cm³/mol. The smallest absolute Gasteiger partial charge is 0.293 e. The summed E-state index contributed by atoms with van der Waals surface area (Å²) in [5, 5.41) is 10.3. The minimum atomic E-state index is -0.117. The first-order valence-electron chi connectivity index (χ1n) is 6.91. The standard InChI is InChI=1S/C13H21N5O/c1-13(2,3)12-15-10(16-17-12)11(19)18-5-4-8-6-14-7-9(8)18/h8-9,14H,4-7H2,1-3H3,(H,15,16,17)/t8-,9+/m0/s1. The Labute approximate surface area is 113 Å². The van der Waals surface area contributed by atoms with Crippen LogP contribution in [-0.2, 0) is 5.41 Å². The quantitative estimate of drug-likeness (QED) is 0.775. The third-order valence-electron chi connectivity index (χ3n) is 4.09. The van der Waals surface area contributed by atoms with Crippen LogP contribution in [0.25, 0.3) is 0 Å². The van der Waals surface area contributed by atoms with Gasteiger partial charge in [-0.25, -0.2) is 4.98 Å². The number of rotatable bonds is 1. The van der Waals surface area contributed by atoms with Crippen molar-refractivity contribution in [3.63, 3.8) is 0 Å². The van der Waals surface area contributed by atoms with Gasteiger partial charge in [0.2, 0.25) is 5.82 Å². The summed E-state index contributed by atoms with van der Waals surface area (Å²) in [6.07, 6.45) is 1.08. The summed E-state index contributed by atoms with van der Waals surface area (Å²) in [6, 6.07) is 0.323. The van der Waals surface area contributed by atoms with E-state index in [1.165, 1.54) is 0 Å². The fourth-order valence-corrected chi connectivity index (χ4v) is 2.92. The molecule has 2 atom stereocenters. The number of nitrogens with zero attached hydrogens (tertiary/aromatic N) is 3. The van der Waals surface area contributed by atoms with Crippen molar-refractivity contribution in [1.82, 2.24) is 25.4 Å². The molecule has 0 saturated carbocycles. The van der Waals surface area contributed by atoms with Crippen molar-refractivity contribution >= 4 is 5.91 Å². The van der Waals surface area contributed by atoms with Gasteiger partial charge < -0.3 is 10.2 Å². The first-order chi connectivity index (χ1) is 8.97. The fraction of sp³-hybridized carbons (Fsp3) is 0.769. The third-order valence-corrected chi connectivity index (χ3v) is 4.09. The van der Waals surface area contributed by atoms with Crippen molar-refractivity contribution in [3.8, 4) is 0 Å². The lowest BCUT2D eigenvalue weighted by atomic mass is 9.96. The predicted octanol–water partition coefficient (Wildman–Crippen LogP) is 0.536. The number of amides is 1. The molecule has 2 N–H and O–H groups in total. The van der Waals surface area contributed by atoms with Crippen LogP contribution in [0.5, 0.6) is 0 Å². The highest BCUT2D eigenvalue weighted by atomic mass is 16.2. The Morgan fingerprint density at radius 1 is 1.37 bits per heavy atom. The van der Waals surface area contributed by atoms with Gasteiger partial charge in [-0.1, -0.05) is 20.8 Å². The van der Waals surface area contributed by atoms with Crippen LogP contribution >= 0.6 is 0 Å². The lowest BCUT2D eigenvalue weighted by molar-refractivity contribution is 0.0725. The van der Waals surface area contributed by atoms with Crippen molar-refractivity contribution in [2.45, 2.75) is 38.6 Å². The van der Waals surface area contributed by atoms with Gasteiger partial charge in [-0.2, -0.15) is 0 Å². The molecule has 3 rings (SSSR count). The van der Waals surface area contributed by atoms with Gasteiger partial charge >= 0.3 is 0 Å². The minimum Gasteiger partial charge on any atom is -0.331 e. The van der Waals surface area contributed by atoms with E-state index in [-0.39, 0.29) is 11.3 Å². The van der Waals surface area contributed by atoms with Crippen molar-refractivity contribution in [2.24, 2.45) is 5.92 Å². The molecule has 1 aromatic heterocycles. The van der Waals surface area contributed by atoms with Crippen LogP contribution in [0.1, 0.15) is 43.6 Å². The van der Waals surface area contributed by atoms with Gasteiger partial charge in [-0.15, -0.1) is 5.10 Å². The van der Waals surface area contributed by atoms with Crippen LogP contribution in [-0.4, -0.2) is 51.7 Å². The molecule has 3 heterocycles. The van der Waals surface area contributed by atoms with Crippen molar-refractivity contribution < 1.29 is 4.79 Å². The summed E-state index contributed by atoms with van der Waals surface area (Å²) < 4.78 is 0. The van der Waals surface area contributed by atoms with E-state index >= 15 is 0 Å². The summed E-state index contributed by atoms with van der Waals surface area (Å²) in [7, 11) is 0. The summed E-state index contributed by atoms with van der Waals surface area (Å²) in [5.41, 5.74) is -0.117. The Balaban J connectivity index is 1.79. The molecule has 6 heteroatoms. The molecule has 0 aromatic carbocycles. The summed E-state index contributed by atoms with van der Waals surface area (Å²) in [4.78, 5) is 18.8. The van der Waals surface area contributed by atoms with Gasteiger partial charge in [0, 0.05) is 31.1 Å². The summed E-state index contributed by atoms with van der Waals surface area (Å²) in [6.45, 7) is 8.90. The Morgan fingerprint density at radius 2 is 2.16 bits per heavy atom. The first-order valence-corrected chi connectivity index (χ1v) is 6.91. The number of fused-ring (bicyclic) bond motifs is 1. The third kappa shape index (κ3) is 2.14. The van der Waals surface area contributed by atoms with E-state index in [1.807, 2.05) is 4.90 Å². The molecule has 2 aliphatic rings. The number of aromatic amines is 1. The molecule has 2 fully saturated rings. The zero-order valence-corrected chi connectivity index (χ0v) is 11.7. The molecule has 2 aliphatic heterocycles. The van der Waals surface area contributed by atoms with Crippen molar-refractivity contribution in [2.75, 3.05) is 19.6 Å². The molecule has 104 valence electrons. The van der Waals surface area contributed by atoms with Gasteiger partial charge in [0.1, 0.15) is 5.82 Å². The summed E-state index contributed by atoms with van der Waals surface area (Å²) >= 11 is 0. The fourth-order valence-electron chi connectivity index (χ4n) is 2.92. The van der Waals surface area contributed by atoms with Gasteiger partial charge in [0.15, 0.2) is 0 Å². The van der Waals surface area contributed by atoms with Crippen LogP contribution < -0.4 is 5.32 Å². The number of hydrogen-bond acceptors (Lipinski definition) is 4. The zero-order chi connectivity index (χ0) is 13.6. The van der Waals surface area contributed by atoms with E-state index in [1.54, 1.807) is 0 Å². The normalized spacial score (nSPS) is 26.8. The van der Waals surface area contributed by atoms with Crippen molar-refractivity contribution in [1.29, 1.82) is 0 Å². The monoisotopic (exact) mass is 263 g/mol. The van der Waals surface area contributed by atoms with E-state index < -0.39 is 0 Å². The number of nitrogens with one attached hydrogen (secondary N) is 2. The molecular formula is C13H21N5O. The van der Waals surface area contributed by atoms with E-state index in [9.17, 15) is 4.79 Å². The number of carbonyl (C=O) groups is 1. The molecule has 1 amide bonds. The molecular weight excluding hydrogens is 242 g/mol. The number of aromatic nitrogens is 3. The molecule has 0 bridgehead atoms. The molecule has 0 unspecified atom stereocenters. The van der Waals surface area contributed by atoms with Crippen LogP contribution in [0, 0.1) is 5.92 Å². The zero-order valence-electron chi connectivity index (χ0n) is 11.7. The van der Waals surface area contributed by atoms with Gasteiger partial charge in [-0.3, -0.25) is 9.89 Å². The number of carbonyl (C=O) groups excluding carboxylic acids is 1. The second-order valence-corrected chi connectivity index (χ2v) is 6.53. The van der Waals surface area contributed by atoms with E-state index in [0.29, 0.717) is 17.8 Å². The molecule has 0 aliphatic carbocycles. The second kappa shape index (κ2) is 4.30. The Bertz CT molecular complexity index is 489. The number of hydrogen-bond donors (Lipinski definition) is 2. The maximum atomic E-state index is 12.5. The molecule has 0 radical (unpaired) electrons. The SMILES string of the molecule is CC(C)(C)c1nc(C(=O)N2CC[C@H]3CNC[C@H]32)n[nH]1. The van der Waals surface area contributed by atoms with Crippen molar-refractivity contribution in [3.05, 3.63) is 11.6 Å². The van der Waals surface area contributed by atoms with Crippen LogP contribution in [0.2, 0.25) is 0 Å². The Kier molecular flexibility index (Phi) is 2.85. The van der Waals surface area contributed by atoms with Gasteiger partial charge in [0.25, 0.3) is 5.91 Å². The Morgan fingerprint density at radius 3 is 2.84 bits per heavy atom. The molecule has 1 aromatic rings. The van der Waals surface area contributed by atoms with Crippen LogP contribution in [0.3, 0.4) is 0 Å². The lowest BCUT2D eigenvalue weighted by Gasteiger charge is -2.21. The molecule has 6 nitrogen and oxygen atoms in total. The van der Waals surface area contributed by atoms with Gasteiger partial charge in [-0.05, 0) is 12.3 Å². The molecule has 0 spiro atoms. The van der Waals surface area contributed by atoms with Crippen LogP contribution in [0.15, 0.2) is 0 Å². The second-order valence-electron chi connectivity index (χ2n) is 6.53. The number of H-pyrrole nitrogens is 1. The Hall–Kier alpha value is -1.43. The largest absolute Gasteiger partial charge is 0.331 e.